The highest BCUT2D eigenvalue weighted by Gasteiger charge is 2.53. The molecular weight excluding hydrogens is 1240 g/mol. The third-order valence-electron chi connectivity index (χ3n) is 19.6. The Bertz CT molecular complexity index is 1940. The van der Waals surface area contributed by atoms with Gasteiger partial charge in [0.05, 0.1) is 38.6 Å². The fourth-order valence-electron chi connectivity index (χ4n) is 13.2. The molecule has 3 aliphatic rings. The topological polar surface area (TPSA) is 307 Å². The largest absolute Gasteiger partial charge is 0.394 e. The van der Waals surface area contributed by atoms with Gasteiger partial charge in [0, 0.05) is 6.42 Å². The number of ether oxygens (including phenoxy) is 6. The number of aliphatic hydroxyl groups is 11. The number of rotatable bonds is 62. The zero-order chi connectivity index (χ0) is 70.4. The van der Waals surface area contributed by atoms with E-state index in [1.165, 1.54) is 231 Å². The van der Waals surface area contributed by atoms with E-state index >= 15 is 0 Å². The van der Waals surface area contributed by atoms with Crippen molar-refractivity contribution < 1.29 is 89.4 Å². The van der Waals surface area contributed by atoms with E-state index in [1.54, 1.807) is 6.08 Å². The number of hydrogen-bond acceptors (Lipinski definition) is 18. The lowest BCUT2D eigenvalue weighted by molar-refractivity contribution is -0.379. The Kier molecular flexibility index (Phi) is 54.3. The Morgan fingerprint density at radius 3 is 1.09 bits per heavy atom. The van der Waals surface area contributed by atoms with Gasteiger partial charge in [-0.25, -0.2) is 0 Å². The minimum Gasteiger partial charge on any atom is -0.394 e. The van der Waals surface area contributed by atoms with Gasteiger partial charge < -0.3 is 89.9 Å². The van der Waals surface area contributed by atoms with E-state index in [-0.39, 0.29) is 18.9 Å². The SMILES string of the molecule is CCCCCCC/C=C\C/C=C\CCCCCCCCCCCCCCCCCCCC(=O)NC(COC1OC(CO)C(OC2OC(CO)C(OC3OC(CO)C(O)C(O)C3O)C(O)C2O)C(O)C1O)C(O)/C=C/CC/C=C/CCCCCCCCCCCCCCCCCCC. The number of carbonyl (C=O) groups excluding carboxylic acids is 1. The maximum atomic E-state index is 13.5. The second kappa shape index (κ2) is 59.2. The van der Waals surface area contributed by atoms with Gasteiger partial charge in [0.15, 0.2) is 18.9 Å². The summed E-state index contributed by atoms with van der Waals surface area (Å²) in [7, 11) is 0. The quantitative estimate of drug-likeness (QED) is 0.0199. The highest BCUT2D eigenvalue weighted by atomic mass is 16.8. The number of amides is 1. The lowest BCUT2D eigenvalue weighted by Crippen LogP contribution is -2.66. The summed E-state index contributed by atoms with van der Waals surface area (Å²) in [5.41, 5.74) is 0. The van der Waals surface area contributed by atoms with Crippen LogP contribution >= 0.6 is 0 Å². The first-order chi connectivity index (χ1) is 47.3. The van der Waals surface area contributed by atoms with Crippen LogP contribution in [0, 0.1) is 0 Å². The fraction of sp³-hybridized carbons (Fsp3) is 0.885. The molecule has 19 heteroatoms. The van der Waals surface area contributed by atoms with Gasteiger partial charge in [-0.05, 0) is 64.2 Å². The summed E-state index contributed by atoms with van der Waals surface area (Å²) in [5.74, 6) is -0.281. The van der Waals surface area contributed by atoms with Crippen molar-refractivity contribution in [2.45, 2.75) is 413 Å². The van der Waals surface area contributed by atoms with E-state index in [1.807, 2.05) is 6.08 Å². The van der Waals surface area contributed by atoms with E-state index in [0.29, 0.717) is 12.8 Å². The van der Waals surface area contributed by atoms with Gasteiger partial charge in [-0.3, -0.25) is 4.79 Å². The smallest absolute Gasteiger partial charge is 0.220 e. The standard InChI is InChI=1S/C78H143NO18/c1-3-5-7-9-11-13-15-17-19-21-23-25-27-28-29-30-31-32-34-36-38-40-42-44-46-48-50-52-54-56-66(84)79-61(62(83)55-53-51-49-47-45-43-41-39-37-35-33-26-24-22-20-18-16-14-12-10-8-6-4-2)60-92-76-72(90)69(87)74(64(58-81)94-76)97-78-73(91)70(88)75(65(59-82)95-78)96-77-71(89)68(86)67(85)63(57-80)93-77/h15,17,21,23,45,47,53,55,61-65,67-78,80-83,85-91H,3-14,16,18-20,22,24-44,46,48-52,54,56-60H2,1-2H3,(H,79,84)/b17-15-,23-21-,47-45+,55-53+. The molecule has 0 aromatic heterocycles. The van der Waals surface area contributed by atoms with Crippen molar-refractivity contribution in [1.82, 2.24) is 5.32 Å². The number of carbonyl (C=O) groups is 1. The third kappa shape index (κ3) is 39.8. The molecule has 0 bridgehead atoms. The van der Waals surface area contributed by atoms with Gasteiger partial charge in [0.1, 0.15) is 73.2 Å². The Balaban J connectivity index is 1.39. The summed E-state index contributed by atoms with van der Waals surface area (Å²) in [4.78, 5) is 13.5. The molecule has 3 fully saturated rings. The Morgan fingerprint density at radius 1 is 0.371 bits per heavy atom. The first-order valence-electron chi connectivity index (χ1n) is 39.4. The zero-order valence-corrected chi connectivity index (χ0v) is 60.6. The van der Waals surface area contributed by atoms with Gasteiger partial charge in [-0.2, -0.15) is 0 Å². The average Bonchev–Trinajstić information content (AvgIpc) is 0.789. The second-order valence-corrected chi connectivity index (χ2v) is 28.2. The Morgan fingerprint density at radius 2 is 0.691 bits per heavy atom. The molecule has 17 unspecified atom stereocenters. The van der Waals surface area contributed by atoms with Crippen LogP contribution in [0.1, 0.15) is 309 Å². The molecule has 0 aromatic rings. The summed E-state index contributed by atoms with van der Waals surface area (Å²) >= 11 is 0. The van der Waals surface area contributed by atoms with Crippen molar-refractivity contribution in [2.75, 3.05) is 26.4 Å². The van der Waals surface area contributed by atoms with Crippen LogP contribution in [0.5, 0.6) is 0 Å². The molecule has 12 N–H and O–H groups in total. The first kappa shape index (κ1) is 89.0. The molecule has 0 radical (unpaired) electrons. The predicted molar refractivity (Wildman–Crippen MR) is 383 cm³/mol. The number of unbranched alkanes of at least 4 members (excludes halogenated alkanes) is 40. The maximum Gasteiger partial charge on any atom is 0.220 e. The fourth-order valence-corrected chi connectivity index (χ4v) is 13.2. The molecule has 568 valence electrons. The molecule has 17 atom stereocenters. The van der Waals surface area contributed by atoms with Crippen molar-refractivity contribution in [1.29, 1.82) is 0 Å². The van der Waals surface area contributed by atoms with Crippen LogP contribution in [0.4, 0.5) is 0 Å². The van der Waals surface area contributed by atoms with Crippen LogP contribution in [0.15, 0.2) is 48.6 Å². The molecule has 19 nitrogen and oxygen atoms in total. The van der Waals surface area contributed by atoms with Crippen molar-refractivity contribution in [2.24, 2.45) is 0 Å². The van der Waals surface area contributed by atoms with Crippen molar-refractivity contribution in [3.63, 3.8) is 0 Å². The molecule has 0 spiro atoms. The second-order valence-electron chi connectivity index (χ2n) is 28.2. The van der Waals surface area contributed by atoms with Gasteiger partial charge in [-0.1, -0.05) is 287 Å². The highest BCUT2D eigenvalue weighted by Crippen LogP contribution is 2.33. The van der Waals surface area contributed by atoms with Crippen LogP contribution in [-0.4, -0.2) is 193 Å². The summed E-state index contributed by atoms with van der Waals surface area (Å²) in [6.45, 7) is 1.75. The van der Waals surface area contributed by atoms with E-state index in [2.05, 4.69) is 55.6 Å². The monoisotopic (exact) mass is 1380 g/mol. The number of hydrogen-bond donors (Lipinski definition) is 12. The summed E-state index contributed by atoms with van der Waals surface area (Å²) in [5, 5.41) is 121. The van der Waals surface area contributed by atoms with Crippen molar-refractivity contribution in [3.05, 3.63) is 48.6 Å². The maximum absolute atomic E-state index is 13.5. The van der Waals surface area contributed by atoms with E-state index < -0.39 is 124 Å². The van der Waals surface area contributed by atoms with Crippen LogP contribution in [0.25, 0.3) is 0 Å². The molecule has 3 rings (SSSR count). The van der Waals surface area contributed by atoms with Gasteiger partial charge in [0.25, 0.3) is 0 Å². The minimum absolute atomic E-state index is 0.237. The van der Waals surface area contributed by atoms with Crippen molar-refractivity contribution >= 4 is 5.91 Å². The molecular formula is C78H143NO18. The number of allylic oxidation sites excluding steroid dienone is 7. The molecule has 0 aromatic carbocycles. The number of nitrogens with one attached hydrogen (secondary N) is 1. The average molecular weight is 1380 g/mol. The lowest BCUT2D eigenvalue weighted by Gasteiger charge is -2.48. The molecule has 3 saturated heterocycles. The van der Waals surface area contributed by atoms with E-state index in [0.717, 1.165) is 44.9 Å². The summed E-state index contributed by atoms with van der Waals surface area (Å²) < 4.78 is 34.4. The first-order valence-corrected chi connectivity index (χ1v) is 39.4. The van der Waals surface area contributed by atoms with E-state index in [4.69, 9.17) is 28.4 Å². The van der Waals surface area contributed by atoms with Crippen LogP contribution in [0.3, 0.4) is 0 Å². The van der Waals surface area contributed by atoms with Crippen LogP contribution in [0.2, 0.25) is 0 Å². The molecule has 1 amide bonds. The number of aliphatic hydroxyl groups excluding tert-OH is 11. The zero-order valence-electron chi connectivity index (χ0n) is 60.6. The lowest BCUT2D eigenvalue weighted by atomic mass is 9.96. The highest BCUT2D eigenvalue weighted by molar-refractivity contribution is 5.76. The van der Waals surface area contributed by atoms with Gasteiger partial charge in [-0.15, -0.1) is 0 Å². The van der Waals surface area contributed by atoms with Gasteiger partial charge >= 0.3 is 0 Å². The van der Waals surface area contributed by atoms with E-state index in [9.17, 15) is 61.0 Å². The molecule has 3 aliphatic heterocycles. The van der Waals surface area contributed by atoms with Crippen molar-refractivity contribution in [3.8, 4) is 0 Å². The van der Waals surface area contributed by atoms with Gasteiger partial charge in [0.2, 0.25) is 5.91 Å². The third-order valence-corrected chi connectivity index (χ3v) is 19.6. The summed E-state index contributed by atoms with van der Waals surface area (Å²) in [6, 6.07) is -0.991. The summed E-state index contributed by atoms with van der Waals surface area (Å²) in [6.07, 6.45) is 46.7. The molecule has 97 heavy (non-hydrogen) atoms. The van der Waals surface area contributed by atoms with Crippen LogP contribution < -0.4 is 5.32 Å². The normalized spacial score (nSPS) is 27.1. The predicted octanol–water partition coefficient (Wildman–Crippen LogP) is 12.5. The van der Waals surface area contributed by atoms with Crippen LogP contribution in [-0.2, 0) is 33.2 Å². The molecule has 0 aliphatic carbocycles. The molecule has 3 heterocycles. The molecule has 0 saturated carbocycles. The Hall–Kier alpha value is -2.25. The Labute approximate surface area is 586 Å². The minimum atomic E-state index is -1.98.